The Bertz CT molecular complexity index is 1040. The molecule has 3 rings (SSSR count). The highest BCUT2D eigenvalue weighted by atomic mass is 16.5. The van der Waals surface area contributed by atoms with E-state index >= 15 is 0 Å². The Hall–Kier alpha value is -3.74. The zero-order valence-corrected chi connectivity index (χ0v) is 17.7. The average Bonchev–Trinajstić information content (AvgIpc) is 2.71. The number of methoxy groups -OCH3 is 1. The molecule has 2 amide bonds. The van der Waals surface area contributed by atoms with Gasteiger partial charge in [-0.25, -0.2) is 0 Å². The number of nitrogens with zero attached hydrogens (tertiary/aromatic N) is 2. The maximum Gasteiger partial charge on any atom is 0.258 e. The lowest BCUT2D eigenvalue weighted by molar-refractivity contribution is 0.101. The highest BCUT2D eigenvalue weighted by Crippen LogP contribution is 2.19. The molecule has 0 aliphatic rings. The van der Waals surface area contributed by atoms with Crippen LogP contribution < -0.4 is 15.4 Å². The van der Waals surface area contributed by atoms with Gasteiger partial charge in [0.1, 0.15) is 5.82 Å². The monoisotopic (exact) mass is 404 g/mol. The van der Waals surface area contributed by atoms with Crippen LogP contribution in [0.15, 0.2) is 42.5 Å². The van der Waals surface area contributed by atoms with Gasteiger partial charge in [0.2, 0.25) is 11.8 Å². The summed E-state index contributed by atoms with van der Waals surface area (Å²) in [7, 11) is 1.45. The summed E-state index contributed by atoms with van der Waals surface area (Å²) in [6.07, 6.45) is 0. The van der Waals surface area contributed by atoms with E-state index in [0.717, 1.165) is 22.3 Å². The first-order valence-electron chi connectivity index (χ1n) is 9.47. The molecule has 0 saturated heterocycles. The van der Waals surface area contributed by atoms with E-state index in [2.05, 4.69) is 20.6 Å². The van der Waals surface area contributed by atoms with E-state index in [1.54, 1.807) is 18.2 Å². The Morgan fingerprint density at radius 3 is 1.77 bits per heavy atom. The number of amides is 2. The molecule has 1 heterocycles. The molecular formula is C23H24N4O3. The number of aryl methyl sites for hydroxylation is 4. The summed E-state index contributed by atoms with van der Waals surface area (Å²) in [5.41, 5.74) is 5.23. The molecule has 7 nitrogen and oxygen atoms in total. The third kappa shape index (κ3) is 4.81. The predicted octanol–water partition coefficient (Wildman–Crippen LogP) is 4.22. The second-order valence-corrected chi connectivity index (χ2v) is 7.13. The van der Waals surface area contributed by atoms with Gasteiger partial charge in [0.25, 0.3) is 11.8 Å². The Balaban J connectivity index is 1.82. The van der Waals surface area contributed by atoms with Gasteiger partial charge in [-0.15, -0.1) is 0 Å². The minimum absolute atomic E-state index is 0.0352. The average molecular weight is 404 g/mol. The van der Waals surface area contributed by atoms with Crippen molar-refractivity contribution in [3.05, 3.63) is 75.8 Å². The molecule has 154 valence electrons. The molecule has 0 bridgehead atoms. The first-order chi connectivity index (χ1) is 14.3. The smallest absolute Gasteiger partial charge is 0.258 e. The zero-order chi connectivity index (χ0) is 21.8. The van der Waals surface area contributed by atoms with E-state index in [0.29, 0.717) is 11.1 Å². The second kappa shape index (κ2) is 8.73. The molecule has 0 atom stereocenters. The Morgan fingerprint density at radius 1 is 0.733 bits per heavy atom. The number of ether oxygens (including phenoxy) is 1. The molecule has 0 unspecified atom stereocenters. The van der Waals surface area contributed by atoms with Gasteiger partial charge < -0.3 is 10.1 Å². The fraction of sp³-hybridized carbons (Fsp3) is 0.217. The summed E-state index contributed by atoms with van der Waals surface area (Å²) in [6.45, 7) is 7.85. The lowest BCUT2D eigenvalue weighted by atomic mass is 10.1. The van der Waals surface area contributed by atoms with E-state index in [4.69, 9.17) is 4.74 Å². The van der Waals surface area contributed by atoms with Gasteiger partial charge in [-0.2, -0.15) is 9.97 Å². The van der Waals surface area contributed by atoms with Gasteiger partial charge in [0.05, 0.1) is 7.11 Å². The van der Waals surface area contributed by atoms with Crippen LogP contribution in [0.3, 0.4) is 0 Å². The fourth-order valence-electron chi connectivity index (χ4n) is 2.78. The number of carbonyl (C=O) groups excluding carboxylic acids is 2. The predicted molar refractivity (Wildman–Crippen MR) is 116 cm³/mol. The molecule has 3 aromatic rings. The largest absolute Gasteiger partial charge is 0.481 e. The van der Waals surface area contributed by atoms with Crippen LogP contribution in [0.5, 0.6) is 5.88 Å². The topological polar surface area (TPSA) is 93.2 Å². The minimum atomic E-state index is -0.349. The van der Waals surface area contributed by atoms with Crippen LogP contribution in [-0.2, 0) is 0 Å². The highest BCUT2D eigenvalue weighted by molar-refractivity contribution is 6.05. The number of nitrogens with one attached hydrogen (secondary N) is 2. The van der Waals surface area contributed by atoms with Gasteiger partial charge in [0, 0.05) is 17.2 Å². The molecule has 0 aliphatic carbocycles. The van der Waals surface area contributed by atoms with Gasteiger partial charge in [0.15, 0.2) is 0 Å². The molecule has 0 radical (unpaired) electrons. The van der Waals surface area contributed by atoms with Crippen molar-refractivity contribution in [1.82, 2.24) is 9.97 Å². The first-order valence-corrected chi connectivity index (χ1v) is 9.47. The van der Waals surface area contributed by atoms with Crippen molar-refractivity contribution in [2.24, 2.45) is 0 Å². The van der Waals surface area contributed by atoms with Gasteiger partial charge >= 0.3 is 0 Å². The van der Waals surface area contributed by atoms with E-state index in [-0.39, 0.29) is 29.5 Å². The van der Waals surface area contributed by atoms with Gasteiger partial charge in [-0.3, -0.25) is 14.9 Å². The molecule has 2 N–H and O–H groups in total. The van der Waals surface area contributed by atoms with Crippen molar-refractivity contribution in [3.63, 3.8) is 0 Å². The van der Waals surface area contributed by atoms with Crippen molar-refractivity contribution in [2.45, 2.75) is 27.7 Å². The molecule has 0 spiro atoms. The van der Waals surface area contributed by atoms with Crippen LogP contribution in [0.2, 0.25) is 0 Å². The highest BCUT2D eigenvalue weighted by Gasteiger charge is 2.14. The molecule has 0 aliphatic heterocycles. The summed E-state index contributed by atoms with van der Waals surface area (Å²) in [5.74, 6) is -0.188. The molecule has 30 heavy (non-hydrogen) atoms. The lowest BCUT2D eigenvalue weighted by Gasteiger charge is -2.11. The summed E-state index contributed by atoms with van der Waals surface area (Å²) < 4.78 is 5.19. The Morgan fingerprint density at radius 2 is 1.27 bits per heavy atom. The molecule has 0 saturated carbocycles. The van der Waals surface area contributed by atoms with Gasteiger partial charge in [-0.05, 0) is 74.2 Å². The van der Waals surface area contributed by atoms with Crippen molar-refractivity contribution >= 4 is 23.6 Å². The summed E-state index contributed by atoms with van der Waals surface area (Å²) >= 11 is 0. The molecule has 1 aromatic heterocycles. The second-order valence-electron chi connectivity index (χ2n) is 7.13. The number of rotatable bonds is 5. The summed E-state index contributed by atoms with van der Waals surface area (Å²) in [4.78, 5) is 33.6. The minimum Gasteiger partial charge on any atom is -0.481 e. The zero-order valence-electron chi connectivity index (χ0n) is 17.7. The summed E-state index contributed by atoms with van der Waals surface area (Å²) in [6, 6.07) is 12.4. The van der Waals surface area contributed by atoms with Crippen molar-refractivity contribution in [3.8, 4) is 5.88 Å². The van der Waals surface area contributed by atoms with E-state index in [9.17, 15) is 9.59 Å². The third-order valence-electron chi connectivity index (χ3n) is 4.92. The lowest BCUT2D eigenvalue weighted by Crippen LogP contribution is -2.17. The quantitative estimate of drug-likeness (QED) is 0.664. The van der Waals surface area contributed by atoms with Crippen LogP contribution in [0.4, 0.5) is 11.8 Å². The fourth-order valence-corrected chi connectivity index (χ4v) is 2.78. The number of hydrogen-bond donors (Lipinski definition) is 2. The third-order valence-corrected chi connectivity index (χ3v) is 4.92. The number of aromatic nitrogens is 2. The van der Waals surface area contributed by atoms with Crippen LogP contribution >= 0.6 is 0 Å². The van der Waals surface area contributed by atoms with Crippen LogP contribution in [0.25, 0.3) is 0 Å². The Kier molecular flexibility index (Phi) is 6.11. The number of carbonyl (C=O) groups is 2. The maximum atomic E-state index is 12.6. The van der Waals surface area contributed by atoms with Crippen molar-refractivity contribution in [1.29, 1.82) is 0 Å². The number of hydrogen-bond acceptors (Lipinski definition) is 5. The van der Waals surface area contributed by atoms with E-state index in [1.165, 1.54) is 13.2 Å². The standard InChI is InChI=1S/C23H24N4O3/c1-13-6-8-17(10-15(13)3)21(28)24-19-12-20(30-5)26-23(25-19)27-22(29)18-9-7-14(2)16(4)11-18/h6-12H,1-5H3,(H2,24,25,26,27,28,29). The van der Waals surface area contributed by atoms with Crippen molar-refractivity contribution < 1.29 is 14.3 Å². The Labute approximate surface area is 175 Å². The van der Waals surface area contributed by atoms with Crippen molar-refractivity contribution in [2.75, 3.05) is 17.7 Å². The maximum absolute atomic E-state index is 12.6. The van der Waals surface area contributed by atoms with Crippen LogP contribution in [0.1, 0.15) is 43.0 Å². The SMILES string of the molecule is COc1cc(NC(=O)c2ccc(C)c(C)c2)nc(NC(=O)c2ccc(C)c(C)c2)n1. The summed E-state index contributed by atoms with van der Waals surface area (Å²) in [5, 5.41) is 5.39. The first kappa shape index (κ1) is 21.0. The van der Waals surface area contributed by atoms with E-state index in [1.807, 2.05) is 45.9 Å². The van der Waals surface area contributed by atoms with E-state index < -0.39 is 0 Å². The number of anilines is 2. The number of benzene rings is 2. The van der Waals surface area contributed by atoms with Crippen LogP contribution in [0, 0.1) is 27.7 Å². The molecule has 0 fully saturated rings. The van der Waals surface area contributed by atoms with Gasteiger partial charge in [-0.1, -0.05) is 12.1 Å². The molecular weight excluding hydrogens is 380 g/mol. The molecule has 7 heteroatoms. The molecule has 2 aromatic carbocycles. The normalized spacial score (nSPS) is 10.4. The van der Waals surface area contributed by atoms with Crippen LogP contribution in [-0.4, -0.2) is 28.9 Å².